The fourth-order valence-corrected chi connectivity index (χ4v) is 3.55. The van der Waals surface area contributed by atoms with Gasteiger partial charge < -0.3 is 15.0 Å². The summed E-state index contributed by atoms with van der Waals surface area (Å²) in [6.07, 6.45) is 2.13. The number of rotatable bonds is 6. The van der Waals surface area contributed by atoms with Gasteiger partial charge in [0.2, 0.25) is 0 Å². The maximum absolute atomic E-state index is 5.98. The lowest BCUT2D eigenvalue weighted by Gasteiger charge is -2.22. The summed E-state index contributed by atoms with van der Waals surface area (Å²) in [6.45, 7) is 4.61. The SMILES string of the molecule is CCNC(=NCC1Cc2ccccc2O1)N(C)CCc1cccs1.I. The molecule has 4 nitrogen and oxygen atoms in total. The van der Waals surface area contributed by atoms with Crippen LogP contribution in [0, 0.1) is 0 Å². The first-order valence-electron chi connectivity index (χ1n) is 8.52. The van der Waals surface area contributed by atoms with E-state index < -0.39 is 0 Å². The van der Waals surface area contributed by atoms with Gasteiger partial charge in [-0.05, 0) is 36.4 Å². The zero-order valence-corrected chi connectivity index (χ0v) is 17.9. The van der Waals surface area contributed by atoms with Crippen molar-refractivity contribution in [1.29, 1.82) is 0 Å². The van der Waals surface area contributed by atoms with Gasteiger partial charge in [0.15, 0.2) is 5.96 Å². The Morgan fingerprint density at radius 3 is 2.88 bits per heavy atom. The molecular formula is C19H26IN3OS. The molecule has 1 aliphatic heterocycles. The Balaban J connectivity index is 0.00000225. The maximum atomic E-state index is 5.98. The molecule has 0 amide bonds. The van der Waals surface area contributed by atoms with Crippen LogP contribution in [0.25, 0.3) is 0 Å². The van der Waals surface area contributed by atoms with Crippen molar-refractivity contribution in [3.05, 3.63) is 52.2 Å². The van der Waals surface area contributed by atoms with Crippen LogP contribution in [0.15, 0.2) is 46.8 Å². The van der Waals surface area contributed by atoms with E-state index in [1.54, 1.807) is 0 Å². The molecule has 6 heteroatoms. The highest BCUT2D eigenvalue weighted by Gasteiger charge is 2.22. The Hall–Kier alpha value is -1.28. The molecule has 0 aliphatic carbocycles. The number of hydrogen-bond acceptors (Lipinski definition) is 3. The molecule has 1 aromatic heterocycles. The fourth-order valence-electron chi connectivity index (χ4n) is 2.85. The third-order valence-electron chi connectivity index (χ3n) is 4.13. The van der Waals surface area contributed by atoms with Gasteiger partial charge in [0.05, 0.1) is 6.54 Å². The van der Waals surface area contributed by atoms with Crippen LogP contribution >= 0.6 is 35.3 Å². The van der Waals surface area contributed by atoms with E-state index in [1.807, 2.05) is 23.5 Å². The molecule has 0 bridgehead atoms. The third kappa shape index (κ3) is 5.60. The smallest absolute Gasteiger partial charge is 0.193 e. The second-order valence-corrected chi connectivity index (χ2v) is 7.03. The van der Waals surface area contributed by atoms with Crippen LogP contribution in [0.1, 0.15) is 17.4 Å². The molecule has 0 fully saturated rings. The van der Waals surface area contributed by atoms with Crippen molar-refractivity contribution in [3.63, 3.8) is 0 Å². The van der Waals surface area contributed by atoms with Gasteiger partial charge in [-0.2, -0.15) is 0 Å². The standard InChI is InChI=1S/C19H25N3OS.HI/c1-3-20-19(22(2)11-10-17-8-6-12-24-17)21-14-16-13-15-7-4-5-9-18(15)23-16;/h4-9,12,16H,3,10-11,13-14H2,1-2H3,(H,20,21);1H. The second-order valence-electron chi connectivity index (χ2n) is 6.00. The zero-order valence-electron chi connectivity index (χ0n) is 14.8. The first kappa shape index (κ1) is 20.0. The first-order chi connectivity index (χ1) is 11.8. The predicted octanol–water partition coefficient (Wildman–Crippen LogP) is 3.81. The molecule has 0 saturated carbocycles. The molecule has 1 N–H and O–H groups in total. The number of hydrogen-bond donors (Lipinski definition) is 1. The zero-order chi connectivity index (χ0) is 16.8. The molecule has 2 aromatic rings. The van der Waals surface area contributed by atoms with Gasteiger partial charge in [-0.3, -0.25) is 0 Å². The van der Waals surface area contributed by atoms with Crippen LogP contribution in [0.4, 0.5) is 0 Å². The Morgan fingerprint density at radius 1 is 1.32 bits per heavy atom. The average molecular weight is 471 g/mol. The van der Waals surface area contributed by atoms with Gasteiger partial charge in [0.1, 0.15) is 11.9 Å². The molecular weight excluding hydrogens is 445 g/mol. The number of benzene rings is 1. The van der Waals surface area contributed by atoms with Crippen LogP contribution in [0.3, 0.4) is 0 Å². The van der Waals surface area contributed by atoms with Crippen molar-refractivity contribution in [1.82, 2.24) is 10.2 Å². The number of nitrogens with one attached hydrogen (secondary N) is 1. The van der Waals surface area contributed by atoms with Gasteiger partial charge in [-0.1, -0.05) is 24.3 Å². The number of halogens is 1. The number of nitrogens with zero attached hydrogens (tertiary/aromatic N) is 2. The van der Waals surface area contributed by atoms with Gasteiger partial charge >= 0.3 is 0 Å². The molecule has 0 radical (unpaired) electrons. The summed E-state index contributed by atoms with van der Waals surface area (Å²) in [7, 11) is 2.10. The van der Waals surface area contributed by atoms with E-state index in [2.05, 4.69) is 53.8 Å². The lowest BCUT2D eigenvalue weighted by Crippen LogP contribution is -2.40. The minimum absolute atomic E-state index is 0. The molecule has 0 spiro atoms. The summed E-state index contributed by atoms with van der Waals surface area (Å²) in [5.41, 5.74) is 1.29. The number of fused-ring (bicyclic) bond motifs is 1. The largest absolute Gasteiger partial charge is 0.488 e. The van der Waals surface area contributed by atoms with Crippen LogP contribution < -0.4 is 10.1 Å². The lowest BCUT2D eigenvalue weighted by molar-refractivity contribution is 0.241. The molecule has 1 atom stereocenters. The Bertz CT molecular complexity index is 650. The van der Waals surface area contributed by atoms with E-state index in [-0.39, 0.29) is 30.1 Å². The summed E-state index contributed by atoms with van der Waals surface area (Å²) < 4.78 is 5.98. The molecule has 1 aliphatic rings. The van der Waals surface area contributed by atoms with Crippen molar-refractivity contribution >= 4 is 41.3 Å². The summed E-state index contributed by atoms with van der Waals surface area (Å²) >= 11 is 1.81. The van der Waals surface area contributed by atoms with E-state index in [9.17, 15) is 0 Å². The van der Waals surface area contributed by atoms with E-state index in [0.29, 0.717) is 6.54 Å². The van der Waals surface area contributed by atoms with Crippen molar-refractivity contribution in [2.75, 3.05) is 26.7 Å². The molecule has 2 heterocycles. The lowest BCUT2D eigenvalue weighted by atomic mass is 10.1. The minimum atomic E-state index is 0. The molecule has 3 rings (SSSR count). The Kier molecular flexibility index (Phi) is 8.02. The molecule has 1 aromatic carbocycles. The summed E-state index contributed by atoms with van der Waals surface area (Å²) in [5, 5.41) is 5.51. The number of thiophene rings is 1. The highest BCUT2D eigenvalue weighted by molar-refractivity contribution is 14.0. The van der Waals surface area contributed by atoms with E-state index in [0.717, 1.165) is 37.6 Å². The van der Waals surface area contributed by atoms with Crippen LogP contribution in [-0.4, -0.2) is 43.6 Å². The van der Waals surface area contributed by atoms with Crippen molar-refractivity contribution in [3.8, 4) is 5.75 Å². The average Bonchev–Trinajstić information content (AvgIpc) is 3.25. The summed E-state index contributed by atoms with van der Waals surface area (Å²) in [5.74, 6) is 1.96. The monoisotopic (exact) mass is 471 g/mol. The maximum Gasteiger partial charge on any atom is 0.193 e. The molecule has 0 saturated heterocycles. The van der Waals surface area contributed by atoms with Gasteiger partial charge in [0.25, 0.3) is 0 Å². The Labute approximate surface area is 171 Å². The number of guanidine groups is 1. The number of para-hydroxylation sites is 1. The van der Waals surface area contributed by atoms with Crippen molar-refractivity contribution in [2.24, 2.45) is 4.99 Å². The van der Waals surface area contributed by atoms with Crippen molar-refractivity contribution in [2.45, 2.75) is 25.9 Å². The van der Waals surface area contributed by atoms with Gasteiger partial charge in [-0.25, -0.2) is 4.99 Å². The van der Waals surface area contributed by atoms with E-state index in [1.165, 1.54) is 10.4 Å². The second kappa shape index (κ2) is 10.0. The minimum Gasteiger partial charge on any atom is -0.488 e. The molecule has 136 valence electrons. The summed E-state index contributed by atoms with van der Waals surface area (Å²) in [6, 6.07) is 12.6. The first-order valence-corrected chi connectivity index (χ1v) is 9.40. The van der Waals surface area contributed by atoms with Gasteiger partial charge in [-0.15, -0.1) is 35.3 Å². The topological polar surface area (TPSA) is 36.9 Å². The molecule has 1 unspecified atom stereocenters. The fraction of sp³-hybridized carbons (Fsp3) is 0.421. The van der Waals surface area contributed by atoms with Crippen LogP contribution in [0.2, 0.25) is 0 Å². The highest BCUT2D eigenvalue weighted by Crippen LogP contribution is 2.28. The quantitative estimate of drug-likeness (QED) is 0.396. The van der Waals surface area contributed by atoms with Gasteiger partial charge in [0, 0.05) is 31.4 Å². The summed E-state index contributed by atoms with van der Waals surface area (Å²) in [4.78, 5) is 8.40. The number of likely N-dealkylation sites (N-methyl/N-ethyl adjacent to an activating group) is 1. The van der Waals surface area contributed by atoms with E-state index >= 15 is 0 Å². The number of ether oxygens (including phenoxy) is 1. The Morgan fingerprint density at radius 2 is 2.16 bits per heavy atom. The third-order valence-corrected chi connectivity index (χ3v) is 5.06. The normalized spacial score (nSPS) is 15.9. The number of aliphatic imine (C=N–C) groups is 1. The van der Waals surface area contributed by atoms with Crippen molar-refractivity contribution < 1.29 is 4.74 Å². The van der Waals surface area contributed by atoms with E-state index in [4.69, 9.17) is 9.73 Å². The van der Waals surface area contributed by atoms with Crippen LogP contribution in [0.5, 0.6) is 5.75 Å². The predicted molar refractivity (Wildman–Crippen MR) is 117 cm³/mol. The van der Waals surface area contributed by atoms with Crippen LogP contribution in [-0.2, 0) is 12.8 Å². The highest BCUT2D eigenvalue weighted by atomic mass is 127. The molecule has 25 heavy (non-hydrogen) atoms.